The molecule has 1 aliphatic heterocycles. The number of piperidine rings is 1. The summed E-state index contributed by atoms with van der Waals surface area (Å²) in [4.78, 5) is 7.35. The van der Waals surface area contributed by atoms with E-state index in [-0.39, 0.29) is 0 Å². The Labute approximate surface area is 114 Å². The highest BCUT2D eigenvalue weighted by atomic mass is 15.2. The molecule has 3 nitrogen and oxygen atoms in total. The Morgan fingerprint density at radius 1 is 1.16 bits per heavy atom. The monoisotopic (exact) mass is 255 g/mol. The lowest BCUT2D eigenvalue weighted by Crippen LogP contribution is -2.31. The zero-order valence-corrected chi connectivity index (χ0v) is 11.5. The van der Waals surface area contributed by atoms with E-state index in [9.17, 15) is 0 Å². The van der Waals surface area contributed by atoms with Crippen molar-refractivity contribution in [1.29, 1.82) is 0 Å². The minimum atomic E-state index is 0.879. The van der Waals surface area contributed by atoms with Crippen LogP contribution in [0.15, 0.2) is 30.3 Å². The van der Waals surface area contributed by atoms with Crippen molar-refractivity contribution in [2.24, 2.45) is 0 Å². The lowest BCUT2D eigenvalue weighted by atomic mass is 10.1. The zero-order chi connectivity index (χ0) is 13.1. The summed E-state index contributed by atoms with van der Waals surface area (Å²) in [6.45, 7) is 3.16. The van der Waals surface area contributed by atoms with Crippen LogP contribution in [0.25, 0.3) is 10.9 Å². The predicted molar refractivity (Wildman–Crippen MR) is 80.6 cm³/mol. The van der Waals surface area contributed by atoms with Gasteiger partial charge in [-0.05, 0) is 38.4 Å². The first-order chi connectivity index (χ1) is 9.38. The number of aromatic nitrogens is 1. The van der Waals surface area contributed by atoms with Crippen molar-refractivity contribution in [3.8, 4) is 0 Å². The van der Waals surface area contributed by atoms with Crippen LogP contribution in [0.1, 0.15) is 24.8 Å². The molecule has 0 amide bonds. The van der Waals surface area contributed by atoms with Crippen LogP contribution in [-0.2, 0) is 6.54 Å². The molecular formula is C16H21N3. The molecule has 0 unspecified atom stereocenters. The number of hydrogen-bond acceptors (Lipinski definition) is 3. The summed E-state index contributed by atoms with van der Waals surface area (Å²) in [5.41, 5.74) is 2.41. The molecule has 3 heteroatoms. The second kappa shape index (κ2) is 5.57. The number of nitrogens with one attached hydrogen (secondary N) is 1. The van der Waals surface area contributed by atoms with Crippen LogP contribution in [0.4, 0.5) is 5.82 Å². The number of benzene rings is 1. The molecule has 3 rings (SSSR count). The van der Waals surface area contributed by atoms with Gasteiger partial charge in [0.15, 0.2) is 0 Å². The van der Waals surface area contributed by atoms with Crippen LogP contribution in [-0.4, -0.2) is 25.1 Å². The van der Waals surface area contributed by atoms with Gasteiger partial charge in [0.25, 0.3) is 0 Å². The minimum absolute atomic E-state index is 0.879. The second-order valence-electron chi connectivity index (χ2n) is 5.24. The van der Waals surface area contributed by atoms with Crippen LogP contribution < -0.4 is 10.2 Å². The normalized spacial score (nSPS) is 15.9. The molecule has 0 atom stereocenters. The lowest BCUT2D eigenvalue weighted by Gasteiger charge is -2.29. The van der Waals surface area contributed by atoms with Gasteiger partial charge in [0, 0.05) is 30.6 Å². The molecule has 0 saturated carbocycles. The average molecular weight is 255 g/mol. The molecule has 100 valence electrons. The van der Waals surface area contributed by atoms with Gasteiger partial charge in [0.1, 0.15) is 5.82 Å². The molecule has 2 aromatic rings. The van der Waals surface area contributed by atoms with Gasteiger partial charge >= 0.3 is 0 Å². The Bertz CT molecular complexity index is 559. The van der Waals surface area contributed by atoms with Crippen LogP contribution in [0.2, 0.25) is 0 Å². The van der Waals surface area contributed by atoms with Gasteiger partial charge in [-0.3, -0.25) is 0 Å². The van der Waals surface area contributed by atoms with Crippen LogP contribution >= 0.6 is 0 Å². The quantitative estimate of drug-likeness (QED) is 0.914. The number of anilines is 1. The minimum Gasteiger partial charge on any atom is -0.356 e. The Morgan fingerprint density at radius 3 is 2.74 bits per heavy atom. The van der Waals surface area contributed by atoms with Gasteiger partial charge in [-0.1, -0.05) is 18.2 Å². The molecule has 0 bridgehead atoms. The third-order valence-corrected chi connectivity index (χ3v) is 3.80. The molecule has 1 N–H and O–H groups in total. The van der Waals surface area contributed by atoms with E-state index in [1.54, 1.807) is 0 Å². The van der Waals surface area contributed by atoms with Gasteiger partial charge < -0.3 is 10.2 Å². The molecule has 1 aromatic carbocycles. The fraction of sp³-hybridized carbons (Fsp3) is 0.438. The van der Waals surface area contributed by atoms with Crippen molar-refractivity contribution in [3.63, 3.8) is 0 Å². The highest BCUT2D eigenvalue weighted by Gasteiger charge is 2.16. The zero-order valence-electron chi connectivity index (χ0n) is 11.5. The van der Waals surface area contributed by atoms with Crippen molar-refractivity contribution >= 4 is 16.7 Å². The summed E-state index contributed by atoms with van der Waals surface area (Å²) in [5, 5.41) is 4.49. The van der Waals surface area contributed by atoms with Gasteiger partial charge in [-0.25, -0.2) is 4.98 Å². The number of nitrogens with zero attached hydrogens (tertiary/aromatic N) is 2. The average Bonchev–Trinajstić information content (AvgIpc) is 2.48. The molecular weight excluding hydrogens is 234 g/mol. The first-order valence-electron chi connectivity index (χ1n) is 7.17. The van der Waals surface area contributed by atoms with Gasteiger partial charge in [0.2, 0.25) is 0 Å². The maximum atomic E-state index is 4.90. The Kier molecular flexibility index (Phi) is 3.65. The Balaban J connectivity index is 2.05. The molecule has 1 aromatic heterocycles. The van der Waals surface area contributed by atoms with Gasteiger partial charge in [-0.2, -0.15) is 0 Å². The summed E-state index contributed by atoms with van der Waals surface area (Å²) in [6.07, 6.45) is 3.92. The largest absolute Gasteiger partial charge is 0.356 e. The van der Waals surface area contributed by atoms with E-state index in [0.717, 1.165) is 25.2 Å². The molecule has 0 radical (unpaired) electrons. The Hall–Kier alpha value is -1.61. The van der Waals surface area contributed by atoms with Crippen LogP contribution in [0.3, 0.4) is 0 Å². The third kappa shape index (κ3) is 2.56. The molecule has 2 heterocycles. The SMILES string of the molecule is CNCc1cc2ccccc2nc1N1CCCCC1. The maximum absolute atomic E-state index is 4.90. The van der Waals surface area contributed by atoms with E-state index < -0.39 is 0 Å². The fourth-order valence-electron chi connectivity index (χ4n) is 2.85. The summed E-state index contributed by atoms with van der Waals surface area (Å²) in [5.74, 6) is 1.17. The van der Waals surface area contributed by atoms with E-state index >= 15 is 0 Å². The standard InChI is InChI=1S/C16H21N3/c1-17-12-14-11-13-7-3-4-8-15(13)18-16(14)19-9-5-2-6-10-19/h3-4,7-8,11,17H,2,5-6,9-10,12H2,1H3. The lowest BCUT2D eigenvalue weighted by molar-refractivity contribution is 0.571. The Morgan fingerprint density at radius 2 is 1.95 bits per heavy atom. The van der Waals surface area contributed by atoms with Gasteiger partial charge in [0.05, 0.1) is 5.52 Å². The van der Waals surface area contributed by atoms with Crippen molar-refractivity contribution in [3.05, 3.63) is 35.9 Å². The molecule has 19 heavy (non-hydrogen) atoms. The van der Waals surface area contributed by atoms with Crippen molar-refractivity contribution < 1.29 is 0 Å². The number of pyridine rings is 1. The van der Waals surface area contributed by atoms with Crippen LogP contribution in [0.5, 0.6) is 0 Å². The van der Waals surface area contributed by atoms with Crippen molar-refractivity contribution in [1.82, 2.24) is 10.3 Å². The first-order valence-corrected chi connectivity index (χ1v) is 7.17. The molecule has 0 aliphatic carbocycles. The highest BCUT2D eigenvalue weighted by molar-refractivity contribution is 5.81. The molecule has 0 spiro atoms. The van der Waals surface area contributed by atoms with E-state index in [1.165, 1.54) is 36.0 Å². The van der Waals surface area contributed by atoms with E-state index in [4.69, 9.17) is 4.98 Å². The van der Waals surface area contributed by atoms with Crippen molar-refractivity contribution in [2.75, 3.05) is 25.0 Å². The number of rotatable bonds is 3. The van der Waals surface area contributed by atoms with Crippen molar-refractivity contribution in [2.45, 2.75) is 25.8 Å². The third-order valence-electron chi connectivity index (χ3n) is 3.80. The number of hydrogen-bond donors (Lipinski definition) is 1. The summed E-state index contributed by atoms with van der Waals surface area (Å²) >= 11 is 0. The maximum Gasteiger partial charge on any atom is 0.133 e. The van der Waals surface area contributed by atoms with E-state index in [2.05, 4.69) is 40.5 Å². The molecule has 1 saturated heterocycles. The predicted octanol–water partition coefficient (Wildman–Crippen LogP) is 2.94. The van der Waals surface area contributed by atoms with E-state index in [0.29, 0.717) is 0 Å². The summed E-state index contributed by atoms with van der Waals surface area (Å²) < 4.78 is 0. The van der Waals surface area contributed by atoms with Crippen LogP contribution in [0, 0.1) is 0 Å². The topological polar surface area (TPSA) is 28.2 Å². The molecule has 1 fully saturated rings. The van der Waals surface area contributed by atoms with E-state index in [1.807, 2.05) is 7.05 Å². The highest BCUT2D eigenvalue weighted by Crippen LogP contribution is 2.26. The summed E-state index contributed by atoms with van der Waals surface area (Å²) in [7, 11) is 2.00. The molecule has 1 aliphatic rings. The summed E-state index contributed by atoms with van der Waals surface area (Å²) in [6, 6.07) is 10.7. The number of fused-ring (bicyclic) bond motifs is 1. The van der Waals surface area contributed by atoms with Gasteiger partial charge in [-0.15, -0.1) is 0 Å². The second-order valence-corrected chi connectivity index (χ2v) is 5.24. The number of para-hydroxylation sites is 1. The smallest absolute Gasteiger partial charge is 0.133 e. The fourth-order valence-corrected chi connectivity index (χ4v) is 2.85. The first kappa shape index (κ1) is 12.4.